The average molecular weight is 568 g/mol. The number of nitrogens with zero attached hydrogens (tertiary/aromatic N) is 2. The molecule has 10 heteroatoms. The fourth-order valence-corrected chi connectivity index (χ4v) is 6.65. The normalized spacial score (nSPS) is 15.5. The van der Waals surface area contributed by atoms with Gasteiger partial charge in [-0.3, -0.25) is 9.36 Å². The van der Waals surface area contributed by atoms with Gasteiger partial charge in [0.1, 0.15) is 17.7 Å². The van der Waals surface area contributed by atoms with Gasteiger partial charge in [0.05, 0.1) is 33.8 Å². The molecule has 0 spiro atoms. The summed E-state index contributed by atoms with van der Waals surface area (Å²) in [6.07, 6.45) is -5.31. The van der Waals surface area contributed by atoms with E-state index in [1.165, 1.54) is 41.5 Å². The Bertz CT molecular complexity index is 1710. The molecule has 0 aliphatic carbocycles. The number of thioether (sulfide) groups is 1. The van der Waals surface area contributed by atoms with Gasteiger partial charge in [0.25, 0.3) is 5.56 Å². The molecular weight excluding hydrogens is 545 g/mol. The highest BCUT2D eigenvalue weighted by molar-refractivity contribution is 7.99. The molecule has 0 amide bonds. The molecule has 0 saturated heterocycles. The van der Waals surface area contributed by atoms with Gasteiger partial charge in [-0.1, -0.05) is 48.5 Å². The number of hydrogen-bond donors (Lipinski definition) is 1. The second-order valence-corrected chi connectivity index (χ2v) is 10.5. The van der Waals surface area contributed by atoms with Gasteiger partial charge in [0.2, 0.25) is 0 Å². The summed E-state index contributed by atoms with van der Waals surface area (Å²) in [5.41, 5.74) is 4.96. The van der Waals surface area contributed by atoms with Crippen molar-refractivity contribution < 1.29 is 22.0 Å². The average Bonchev–Trinajstić information content (AvgIpc) is 3.37. The Kier molecular flexibility index (Phi) is 7.29. The summed E-state index contributed by atoms with van der Waals surface area (Å²) in [6.45, 7) is 1.50. The van der Waals surface area contributed by atoms with Crippen LogP contribution >= 0.6 is 11.8 Å². The minimum atomic E-state index is -4.82. The first-order valence-corrected chi connectivity index (χ1v) is 13.3. The fourth-order valence-electron chi connectivity index (χ4n) is 5.21. The van der Waals surface area contributed by atoms with Crippen molar-refractivity contribution in [1.29, 1.82) is 5.26 Å². The van der Waals surface area contributed by atoms with Crippen molar-refractivity contribution in [2.45, 2.75) is 36.6 Å². The summed E-state index contributed by atoms with van der Waals surface area (Å²) in [5.74, 6) is -1.64. The zero-order valence-corrected chi connectivity index (χ0v) is 21.9. The van der Waals surface area contributed by atoms with Crippen LogP contribution in [0.1, 0.15) is 45.5 Å². The predicted octanol–water partition coefficient (Wildman–Crippen LogP) is 6.93. The molecule has 4 nitrogen and oxygen atoms in total. The lowest BCUT2D eigenvalue weighted by Gasteiger charge is -2.25. The SMILES string of the molecule is Cc1c(Cc2c(F)cccc2C(F)(F)F)c2n(c(=O)c1-c1cccc(C#N)c1F)C(C(N)c1ccccc1)CS2. The maximum absolute atomic E-state index is 15.4. The monoisotopic (exact) mass is 567 g/mol. The Hall–Kier alpha value is -3.94. The number of nitrogens with two attached hydrogens (primary N) is 1. The molecule has 0 saturated carbocycles. The first-order chi connectivity index (χ1) is 19.0. The Balaban J connectivity index is 1.80. The van der Waals surface area contributed by atoms with Crippen molar-refractivity contribution in [3.8, 4) is 17.2 Å². The molecule has 3 aromatic carbocycles. The maximum Gasteiger partial charge on any atom is 0.416 e. The molecule has 0 radical (unpaired) electrons. The molecule has 4 aromatic rings. The molecule has 204 valence electrons. The quantitative estimate of drug-likeness (QED) is 0.266. The lowest BCUT2D eigenvalue weighted by molar-refractivity contribution is -0.138. The van der Waals surface area contributed by atoms with Crippen LogP contribution in [0.2, 0.25) is 0 Å². The van der Waals surface area contributed by atoms with E-state index in [2.05, 4.69) is 0 Å². The molecule has 1 aromatic heterocycles. The number of halogens is 5. The standard InChI is InChI=1S/C30H22F5N3OS/c1-16-20(13-21-22(30(33,34)35)11-6-12-23(21)31)29-38(24(15-40-29)27(37)17-7-3-2-4-8-17)28(39)25(16)19-10-5-9-18(14-36)26(19)32/h2-12,24,27H,13,15,37H2,1H3. The van der Waals surface area contributed by atoms with Crippen molar-refractivity contribution in [2.24, 2.45) is 5.73 Å². The maximum atomic E-state index is 15.4. The Morgan fingerprint density at radius 3 is 2.42 bits per heavy atom. The van der Waals surface area contributed by atoms with Gasteiger partial charge in [-0.25, -0.2) is 8.78 Å². The largest absolute Gasteiger partial charge is 0.416 e. The number of nitriles is 1. The van der Waals surface area contributed by atoms with Crippen LogP contribution in [0.5, 0.6) is 0 Å². The van der Waals surface area contributed by atoms with Gasteiger partial charge in [-0.15, -0.1) is 11.8 Å². The number of hydrogen-bond acceptors (Lipinski definition) is 4. The van der Waals surface area contributed by atoms with E-state index in [9.17, 15) is 27.6 Å². The second-order valence-electron chi connectivity index (χ2n) is 9.49. The molecule has 2 unspecified atom stereocenters. The third-order valence-electron chi connectivity index (χ3n) is 7.23. The van der Waals surface area contributed by atoms with E-state index in [1.54, 1.807) is 30.3 Å². The van der Waals surface area contributed by atoms with Crippen LogP contribution in [-0.2, 0) is 12.6 Å². The number of alkyl halides is 3. The number of fused-ring (bicyclic) bond motifs is 1. The topological polar surface area (TPSA) is 71.8 Å². The van der Waals surface area contributed by atoms with E-state index in [1.807, 2.05) is 6.07 Å². The Labute approximate surface area is 230 Å². The number of rotatable bonds is 5. The van der Waals surface area contributed by atoms with Crippen LogP contribution in [0.15, 0.2) is 76.6 Å². The summed E-state index contributed by atoms with van der Waals surface area (Å²) in [6, 6.07) is 16.3. The summed E-state index contributed by atoms with van der Waals surface area (Å²) >= 11 is 1.24. The number of pyridine rings is 1. The zero-order chi connectivity index (χ0) is 28.8. The van der Waals surface area contributed by atoms with E-state index >= 15 is 4.39 Å². The minimum absolute atomic E-state index is 0.106. The summed E-state index contributed by atoms with van der Waals surface area (Å²) < 4.78 is 73.4. The van der Waals surface area contributed by atoms with Gasteiger partial charge in [-0.05, 0) is 41.8 Å². The first kappa shape index (κ1) is 27.6. The summed E-state index contributed by atoms with van der Waals surface area (Å²) in [4.78, 5) is 14.1. The molecular formula is C30H22F5N3OS. The van der Waals surface area contributed by atoms with Crippen molar-refractivity contribution in [3.63, 3.8) is 0 Å². The molecule has 1 aliphatic rings. The highest BCUT2D eigenvalue weighted by Gasteiger charge is 2.38. The van der Waals surface area contributed by atoms with Crippen LogP contribution in [0, 0.1) is 29.9 Å². The number of aromatic nitrogens is 1. The minimum Gasteiger partial charge on any atom is -0.322 e. The lowest BCUT2D eigenvalue weighted by atomic mass is 9.91. The van der Waals surface area contributed by atoms with Crippen LogP contribution in [0.4, 0.5) is 22.0 Å². The molecule has 1 aliphatic heterocycles. The lowest BCUT2D eigenvalue weighted by Crippen LogP contribution is -2.33. The zero-order valence-electron chi connectivity index (χ0n) is 21.1. The van der Waals surface area contributed by atoms with Crippen molar-refractivity contribution in [1.82, 2.24) is 4.57 Å². The molecule has 2 N–H and O–H groups in total. The Morgan fingerprint density at radius 2 is 1.75 bits per heavy atom. The van der Waals surface area contributed by atoms with Gasteiger partial charge in [0.15, 0.2) is 0 Å². The highest BCUT2D eigenvalue weighted by atomic mass is 32.2. The summed E-state index contributed by atoms with van der Waals surface area (Å²) in [5, 5.41) is 9.73. The predicted molar refractivity (Wildman–Crippen MR) is 143 cm³/mol. The van der Waals surface area contributed by atoms with E-state index in [4.69, 9.17) is 5.73 Å². The van der Waals surface area contributed by atoms with E-state index < -0.39 is 53.0 Å². The van der Waals surface area contributed by atoms with Gasteiger partial charge in [-0.2, -0.15) is 18.4 Å². The van der Waals surface area contributed by atoms with E-state index in [0.717, 1.165) is 23.8 Å². The molecule has 2 heterocycles. The van der Waals surface area contributed by atoms with E-state index in [0.29, 0.717) is 10.8 Å². The van der Waals surface area contributed by atoms with Crippen LogP contribution in [0.3, 0.4) is 0 Å². The van der Waals surface area contributed by atoms with Crippen LogP contribution < -0.4 is 11.3 Å². The highest BCUT2D eigenvalue weighted by Crippen LogP contribution is 2.44. The molecule has 5 rings (SSSR count). The fraction of sp³-hybridized carbons (Fsp3) is 0.200. The molecule has 2 atom stereocenters. The van der Waals surface area contributed by atoms with Crippen LogP contribution in [0.25, 0.3) is 11.1 Å². The van der Waals surface area contributed by atoms with Crippen molar-refractivity contribution in [2.75, 3.05) is 5.75 Å². The van der Waals surface area contributed by atoms with Gasteiger partial charge in [0, 0.05) is 23.3 Å². The van der Waals surface area contributed by atoms with Crippen molar-refractivity contribution in [3.05, 3.63) is 122 Å². The van der Waals surface area contributed by atoms with Crippen LogP contribution in [-0.4, -0.2) is 10.3 Å². The third-order valence-corrected chi connectivity index (χ3v) is 8.45. The Morgan fingerprint density at radius 1 is 1.05 bits per heavy atom. The summed E-state index contributed by atoms with van der Waals surface area (Å²) in [7, 11) is 0. The first-order valence-electron chi connectivity index (χ1n) is 12.3. The van der Waals surface area contributed by atoms with Crippen molar-refractivity contribution >= 4 is 11.8 Å². The third kappa shape index (κ3) is 4.69. The molecule has 0 bridgehead atoms. The number of benzene rings is 3. The van der Waals surface area contributed by atoms with Gasteiger partial charge < -0.3 is 5.73 Å². The molecule has 0 fully saturated rings. The van der Waals surface area contributed by atoms with Gasteiger partial charge >= 0.3 is 6.18 Å². The molecule has 40 heavy (non-hydrogen) atoms. The second kappa shape index (κ2) is 10.6. The van der Waals surface area contributed by atoms with E-state index in [-0.39, 0.29) is 27.8 Å². The smallest absolute Gasteiger partial charge is 0.322 e.